The van der Waals surface area contributed by atoms with Crippen molar-refractivity contribution < 1.29 is 0 Å². The van der Waals surface area contributed by atoms with E-state index in [9.17, 15) is 0 Å². The standard InChI is InChI=1S/C24H48N2/c1-22-13-12-17-24-16-8-11-19-25(2)18-9-4-6-14-23(24)15-7-5-10-20-26(3)21-22/h22-24H,4-21H2,1-3H3/t22?,23-,24-/m1/s1. The van der Waals surface area contributed by atoms with Crippen molar-refractivity contribution in [3.8, 4) is 0 Å². The lowest BCUT2D eigenvalue weighted by molar-refractivity contribution is 0.221. The number of hydrogen-bond donors (Lipinski definition) is 0. The van der Waals surface area contributed by atoms with E-state index in [4.69, 9.17) is 0 Å². The fraction of sp³-hybridized carbons (Fsp3) is 1.00. The second kappa shape index (κ2) is 13.2. The highest BCUT2D eigenvalue weighted by atomic mass is 15.1. The van der Waals surface area contributed by atoms with E-state index in [1.807, 2.05) is 0 Å². The fourth-order valence-corrected chi connectivity index (χ4v) is 5.50. The van der Waals surface area contributed by atoms with Crippen LogP contribution in [0, 0.1) is 17.8 Å². The Hall–Kier alpha value is -0.0800. The summed E-state index contributed by atoms with van der Waals surface area (Å²) >= 11 is 0. The van der Waals surface area contributed by atoms with E-state index in [1.165, 1.54) is 116 Å². The van der Waals surface area contributed by atoms with Gasteiger partial charge in [0.25, 0.3) is 0 Å². The van der Waals surface area contributed by atoms with Gasteiger partial charge < -0.3 is 9.80 Å². The largest absolute Gasteiger partial charge is 0.306 e. The maximum atomic E-state index is 2.59. The number of rotatable bonds is 0. The van der Waals surface area contributed by atoms with Crippen LogP contribution in [0.3, 0.4) is 0 Å². The summed E-state index contributed by atoms with van der Waals surface area (Å²) in [6.45, 7) is 7.73. The van der Waals surface area contributed by atoms with E-state index >= 15 is 0 Å². The summed E-state index contributed by atoms with van der Waals surface area (Å²) in [6, 6.07) is 0. The summed E-state index contributed by atoms with van der Waals surface area (Å²) in [4.78, 5) is 5.16. The molecular formula is C24H48N2. The van der Waals surface area contributed by atoms with Gasteiger partial charge in [0, 0.05) is 6.54 Å². The molecule has 0 radical (unpaired) electrons. The molecule has 2 heterocycles. The van der Waals surface area contributed by atoms with Crippen LogP contribution < -0.4 is 0 Å². The minimum atomic E-state index is 0.874. The topological polar surface area (TPSA) is 6.48 Å². The first kappa shape index (κ1) is 22.2. The Morgan fingerprint density at radius 2 is 0.962 bits per heavy atom. The van der Waals surface area contributed by atoms with Crippen molar-refractivity contribution in [2.75, 3.05) is 40.3 Å². The van der Waals surface area contributed by atoms with E-state index in [1.54, 1.807) is 0 Å². The SMILES string of the molecule is CC1CCC[C@H]2CCCCN(C)CCCCC[C@@H]2CCCCCN(C)C1. The molecule has 2 aliphatic rings. The zero-order valence-corrected chi connectivity index (χ0v) is 18.4. The van der Waals surface area contributed by atoms with Crippen molar-refractivity contribution in [2.45, 2.75) is 96.8 Å². The van der Waals surface area contributed by atoms with Gasteiger partial charge in [-0.1, -0.05) is 71.1 Å². The van der Waals surface area contributed by atoms with E-state index in [-0.39, 0.29) is 0 Å². The zero-order valence-electron chi connectivity index (χ0n) is 18.4. The molecule has 0 aromatic heterocycles. The smallest absolute Gasteiger partial charge is 0.000397 e. The van der Waals surface area contributed by atoms with Gasteiger partial charge in [-0.25, -0.2) is 0 Å². The molecule has 0 aromatic carbocycles. The quantitative estimate of drug-likeness (QED) is 0.504. The van der Waals surface area contributed by atoms with Crippen molar-refractivity contribution in [1.82, 2.24) is 9.80 Å². The van der Waals surface area contributed by atoms with E-state index < -0.39 is 0 Å². The zero-order chi connectivity index (χ0) is 18.6. The molecule has 2 fully saturated rings. The van der Waals surface area contributed by atoms with Crippen LogP contribution in [0.2, 0.25) is 0 Å². The molecule has 154 valence electrons. The van der Waals surface area contributed by atoms with E-state index in [2.05, 4.69) is 30.8 Å². The Morgan fingerprint density at radius 1 is 0.500 bits per heavy atom. The molecule has 2 nitrogen and oxygen atoms in total. The van der Waals surface area contributed by atoms with Gasteiger partial charge in [-0.15, -0.1) is 0 Å². The molecule has 0 aromatic rings. The Balaban J connectivity index is 1.94. The summed E-state index contributed by atoms with van der Waals surface area (Å²) < 4.78 is 0. The molecule has 1 unspecified atom stereocenters. The molecule has 0 aliphatic carbocycles. The van der Waals surface area contributed by atoms with Crippen molar-refractivity contribution >= 4 is 0 Å². The second-order valence-electron chi connectivity index (χ2n) is 9.82. The average Bonchev–Trinajstić information content (AvgIpc) is 2.61. The number of hydrogen-bond acceptors (Lipinski definition) is 2. The van der Waals surface area contributed by atoms with Gasteiger partial charge in [-0.3, -0.25) is 0 Å². The number of fused-ring (bicyclic) bond motifs is 1. The van der Waals surface area contributed by atoms with Gasteiger partial charge in [0.05, 0.1) is 0 Å². The van der Waals surface area contributed by atoms with Crippen molar-refractivity contribution in [3.05, 3.63) is 0 Å². The van der Waals surface area contributed by atoms with E-state index in [0.717, 1.165) is 17.8 Å². The van der Waals surface area contributed by atoms with Crippen molar-refractivity contribution in [3.63, 3.8) is 0 Å². The lowest BCUT2D eigenvalue weighted by atomic mass is 9.78. The summed E-state index contributed by atoms with van der Waals surface area (Å²) in [5.74, 6) is 2.92. The summed E-state index contributed by atoms with van der Waals surface area (Å²) in [5.41, 5.74) is 0. The highest BCUT2D eigenvalue weighted by Gasteiger charge is 2.22. The molecule has 2 aliphatic heterocycles. The Labute approximate surface area is 165 Å². The minimum absolute atomic E-state index is 0.874. The lowest BCUT2D eigenvalue weighted by Crippen LogP contribution is -2.25. The molecule has 0 bridgehead atoms. The molecule has 26 heavy (non-hydrogen) atoms. The Kier molecular flexibility index (Phi) is 11.2. The van der Waals surface area contributed by atoms with Crippen LogP contribution >= 0.6 is 0 Å². The average molecular weight is 365 g/mol. The van der Waals surface area contributed by atoms with Crippen LogP contribution in [0.4, 0.5) is 0 Å². The minimum Gasteiger partial charge on any atom is -0.306 e. The third kappa shape index (κ3) is 9.22. The first-order valence-electron chi connectivity index (χ1n) is 12.0. The van der Waals surface area contributed by atoms with Crippen LogP contribution in [0.1, 0.15) is 96.8 Å². The molecule has 3 atom stereocenters. The summed E-state index contributed by atoms with van der Waals surface area (Å²) in [6.07, 6.45) is 20.5. The molecule has 0 N–H and O–H groups in total. The van der Waals surface area contributed by atoms with Crippen LogP contribution in [0.15, 0.2) is 0 Å². The van der Waals surface area contributed by atoms with Crippen molar-refractivity contribution in [2.24, 2.45) is 17.8 Å². The predicted molar refractivity (Wildman–Crippen MR) is 116 cm³/mol. The van der Waals surface area contributed by atoms with Crippen LogP contribution in [0.5, 0.6) is 0 Å². The molecule has 2 heteroatoms. The Bertz CT molecular complexity index is 343. The normalized spacial score (nSPS) is 33.6. The molecular weight excluding hydrogens is 316 g/mol. The van der Waals surface area contributed by atoms with Gasteiger partial charge in [-0.2, -0.15) is 0 Å². The first-order valence-corrected chi connectivity index (χ1v) is 12.0. The monoisotopic (exact) mass is 364 g/mol. The van der Waals surface area contributed by atoms with Gasteiger partial charge in [-0.05, 0) is 77.2 Å². The van der Waals surface area contributed by atoms with Crippen molar-refractivity contribution in [1.29, 1.82) is 0 Å². The second-order valence-corrected chi connectivity index (χ2v) is 9.82. The van der Waals surface area contributed by atoms with Crippen LogP contribution in [-0.4, -0.2) is 50.1 Å². The maximum Gasteiger partial charge on any atom is 0.000397 e. The predicted octanol–water partition coefficient (Wildman–Crippen LogP) is 6.21. The van der Waals surface area contributed by atoms with Gasteiger partial charge in [0.2, 0.25) is 0 Å². The maximum absolute atomic E-state index is 2.59. The summed E-state index contributed by atoms with van der Waals surface area (Å²) in [5, 5.41) is 0. The summed E-state index contributed by atoms with van der Waals surface area (Å²) in [7, 11) is 4.66. The molecule has 0 spiro atoms. The molecule has 0 amide bonds. The molecule has 2 saturated heterocycles. The first-order chi connectivity index (χ1) is 12.6. The number of nitrogens with zero attached hydrogens (tertiary/aromatic N) is 2. The lowest BCUT2D eigenvalue weighted by Gasteiger charge is -2.29. The van der Waals surface area contributed by atoms with Gasteiger partial charge in [0.15, 0.2) is 0 Å². The fourth-order valence-electron chi connectivity index (χ4n) is 5.50. The third-order valence-corrected chi connectivity index (χ3v) is 7.16. The van der Waals surface area contributed by atoms with Gasteiger partial charge in [0.1, 0.15) is 0 Å². The highest BCUT2D eigenvalue weighted by molar-refractivity contribution is 4.74. The van der Waals surface area contributed by atoms with Crippen LogP contribution in [-0.2, 0) is 0 Å². The molecule has 2 rings (SSSR count). The molecule has 0 saturated carbocycles. The highest BCUT2D eigenvalue weighted by Crippen LogP contribution is 2.33. The van der Waals surface area contributed by atoms with Gasteiger partial charge >= 0.3 is 0 Å². The van der Waals surface area contributed by atoms with E-state index in [0.29, 0.717) is 0 Å². The van der Waals surface area contributed by atoms with Crippen LogP contribution in [0.25, 0.3) is 0 Å². The Morgan fingerprint density at radius 3 is 1.58 bits per heavy atom. The third-order valence-electron chi connectivity index (χ3n) is 7.16.